The Morgan fingerprint density at radius 2 is 2.00 bits per heavy atom. The van der Waals surface area contributed by atoms with Crippen LogP contribution in [0.4, 0.5) is 0 Å². The van der Waals surface area contributed by atoms with Gasteiger partial charge in [0.25, 0.3) is 0 Å². The average Bonchev–Trinajstić information content (AvgIpc) is 1.85. The highest BCUT2D eigenvalue weighted by atomic mass is 16.7. The largest absolute Gasteiger partial charge is 0.347 e. The molecule has 0 saturated carbocycles. The molecule has 0 amide bonds. The number of hydrogen-bond donors (Lipinski definition) is 0. The minimum Gasteiger partial charge on any atom is -0.347 e. The van der Waals surface area contributed by atoms with Gasteiger partial charge in [0.2, 0.25) is 0 Å². The van der Waals surface area contributed by atoms with Crippen LogP contribution in [-0.4, -0.2) is 18.0 Å². The number of rotatable bonds is 1. The first-order valence-electron chi connectivity index (χ1n) is 3.95. The van der Waals surface area contributed by atoms with E-state index in [1.807, 2.05) is 6.92 Å². The van der Waals surface area contributed by atoms with E-state index in [2.05, 4.69) is 20.4 Å². The van der Waals surface area contributed by atoms with Crippen LogP contribution in [0.1, 0.15) is 27.2 Å². The Balaban J connectivity index is 2.66. The van der Waals surface area contributed by atoms with Crippen LogP contribution in [-0.2, 0) is 9.47 Å². The van der Waals surface area contributed by atoms with Gasteiger partial charge in [-0.05, 0) is 33.3 Å². The molecule has 1 aliphatic heterocycles. The third-order valence-corrected chi connectivity index (χ3v) is 1.94. The Hall–Kier alpha value is -0.340. The monoisotopic (exact) mass is 156 g/mol. The molecule has 0 aromatic carbocycles. The van der Waals surface area contributed by atoms with Gasteiger partial charge in [0.1, 0.15) is 0 Å². The van der Waals surface area contributed by atoms with Crippen molar-refractivity contribution < 1.29 is 9.47 Å². The van der Waals surface area contributed by atoms with Crippen LogP contribution >= 0.6 is 0 Å². The second-order valence-electron chi connectivity index (χ2n) is 3.68. The summed E-state index contributed by atoms with van der Waals surface area (Å²) in [5.41, 5.74) is -0.0822. The van der Waals surface area contributed by atoms with Crippen LogP contribution in [0.25, 0.3) is 0 Å². The molecule has 64 valence electrons. The predicted octanol–water partition coefficient (Wildman–Crippen LogP) is 2.10. The zero-order chi connectivity index (χ0) is 8.54. The van der Waals surface area contributed by atoms with Crippen LogP contribution in [0.3, 0.4) is 0 Å². The summed E-state index contributed by atoms with van der Waals surface area (Å²) in [5, 5.41) is 0. The molecule has 0 aromatic heterocycles. The van der Waals surface area contributed by atoms with Crippen molar-refractivity contribution in [2.75, 3.05) is 6.61 Å². The summed E-state index contributed by atoms with van der Waals surface area (Å²) in [6.07, 6.45) is 2.64. The second kappa shape index (κ2) is 2.61. The molecule has 0 spiro atoms. The van der Waals surface area contributed by atoms with Gasteiger partial charge in [0.05, 0.1) is 12.2 Å². The molecule has 0 aromatic rings. The van der Waals surface area contributed by atoms with E-state index in [0.29, 0.717) is 0 Å². The van der Waals surface area contributed by atoms with Gasteiger partial charge in [-0.1, -0.05) is 6.58 Å². The maximum atomic E-state index is 5.67. The minimum atomic E-state index is -0.582. The van der Waals surface area contributed by atoms with Crippen LogP contribution in [0.2, 0.25) is 0 Å². The molecule has 0 radical (unpaired) electrons. The first kappa shape index (κ1) is 8.75. The lowest BCUT2D eigenvalue weighted by atomic mass is 10.0. The zero-order valence-corrected chi connectivity index (χ0v) is 7.52. The lowest BCUT2D eigenvalue weighted by molar-refractivity contribution is -0.284. The van der Waals surface area contributed by atoms with E-state index in [0.717, 1.165) is 13.0 Å². The standard InChI is InChI=1S/C9H16O2/c1-5-9(4)10-7-6-8(2,3)11-9/h5H,1,6-7H2,2-4H3. The Bertz CT molecular complexity index is 163. The Morgan fingerprint density at radius 3 is 2.36 bits per heavy atom. The quantitative estimate of drug-likeness (QED) is 0.541. The lowest BCUT2D eigenvalue weighted by Gasteiger charge is -2.41. The van der Waals surface area contributed by atoms with Crippen molar-refractivity contribution in [2.45, 2.75) is 38.6 Å². The van der Waals surface area contributed by atoms with E-state index < -0.39 is 5.79 Å². The fraction of sp³-hybridized carbons (Fsp3) is 0.778. The molecule has 1 rings (SSSR count). The molecule has 0 bridgehead atoms. The normalized spacial score (nSPS) is 36.6. The van der Waals surface area contributed by atoms with Gasteiger partial charge in [-0.2, -0.15) is 0 Å². The molecule has 1 aliphatic rings. The van der Waals surface area contributed by atoms with Crippen molar-refractivity contribution >= 4 is 0 Å². The SMILES string of the molecule is C=CC1(C)OCCC(C)(C)O1. The van der Waals surface area contributed by atoms with E-state index in [4.69, 9.17) is 9.47 Å². The fourth-order valence-electron chi connectivity index (χ4n) is 1.23. The smallest absolute Gasteiger partial charge is 0.185 e. The van der Waals surface area contributed by atoms with E-state index in [9.17, 15) is 0 Å². The van der Waals surface area contributed by atoms with E-state index in [1.165, 1.54) is 0 Å². The highest BCUT2D eigenvalue weighted by Crippen LogP contribution is 2.30. The average molecular weight is 156 g/mol. The molecule has 1 unspecified atom stereocenters. The summed E-state index contributed by atoms with van der Waals surface area (Å²) in [6, 6.07) is 0. The first-order valence-corrected chi connectivity index (χ1v) is 3.95. The van der Waals surface area contributed by atoms with Crippen molar-refractivity contribution in [3.05, 3.63) is 12.7 Å². The van der Waals surface area contributed by atoms with Crippen LogP contribution < -0.4 is 0 Å². The Labute approximate surface area is 68.2 Å². The highest BCUT2D eigenvalue weighted by molar-refractivity contribution is 4.91. The molecule has 0 N–H and O–H groups in total. The topological polar surface area (TPSA) is 18.5 Å². The molecular formula is C9H16O2. The van der Waals surface area contributed by atoms with E-state index in [1.54, 1.807) is 6.08 Å². The Morgan fingerprint density at radius 1 is 1.36 bits per heavy atom. The van der Waals surface area contributed by atoms with Gasteiger partial charge in [-0.15, -0.1) is 0 Å². The first-order chi connectivity index (χ1) is 4.97. The zero-order valence-electron chi connectivity index (χ0n) is 7.52. The predicted molar refractivity (Wildman–Crippen MR) is 44.3 cm³/mol. The van der Waals surface area contributed by atoms with Gasteiger partial charge in [0.15, 0.2) is 5.79 Å². The summed E-state index contributed by atoms with van der Waals surface area (Å²) in [5.74, 6) is -0.582. The maximum Gasteiger partial charge on any atom is 0.185 e. The van der Waals surface area contributed by atoms with Crippen molar-refractivity contribution in [3.63, 3.8) is 0 Å². The molecule has 11 heavy (non-hydrogen) atoms. The Kier molecular flexibility index (Phi) is 2.08. The van der Waals surface area contributed by atoms with Crippen molar-refractivity contribution in [1.29, 1.82) is 0 Å². The third kappa shape index (κ3) is 2.04. The summed E-state index contributed by atoms with van der Waals surface area (Å²) < 4.78 is 11.1. The summed E-state index contributed by atoms with van der Waals surface area (Å²) in [7, 11) is 0. The molecule has 1 fully saturated rings. The summed E-state index contributed by atoms with van der Waals surface area (Å²) >= 11 is 0. The van der Waals surface area contributed by atoms with Crippen LogP contribution in [0.15, 0.2) is 12.7 Å². The number of ether oxygens (including phenoxy) is 2. The molecular weight excluding hydrogens is 140 g/mol. The fourth-order valence-corrected chi connectivity index (χ4v) is 1.23. The van der Waals surface area contributed by atoms with Gasteiger partial charge in [0, 0.05) is 0 Å². The third-order valence-electron chi connectivity index (χ3n) is 1.94. The van der Waals surface area contributed by atoms with Gasteiger partial charge >= 0.3 is 0 Å². The van der Waals surface area contributed by atoms with E-state index in [-0.39, 0.29) is 5.60 Å². The molecule has 1 saturated heterocycles. The highest BCUT2D eigenvalue weighted by Gasteiger charge is 2.35. The summed E-state index contributed by atoms with van der Waals surface area (Å²) in [4.78, 5) is 0. The molecule has 0 aliphatic carbocycles. The molecule has 2 nitrogen and oxygen atoms in total. The molecule has 1 heterocycles. The van der Waals surface area contributed by atoms with Gasteiger partial charge in [-0.3, -0.25) is 0 Å². The van der Waals surface area contributed by atoms with Crippen LogP contribution in [0.5, 0.6) is 0 Å². The number of hydrogen-bond acceptors (Lipinski definition) is 2. The second-order valence-corrected chi connectivity index (χ2v) is 3.68. The summed E-state index contributed by atoms with van der Waals surface area (Å²) in [6.45, 7) is 10.4. The molecule has 1 atom stereocenters. The van der Waals surface area contributed by atoms with Gasteiger partial charge in [-0.25, -0.2) is 0 Å². The van der Waals surface area contributed by atoms with Crippen molar-refractivity contribution in [2.24, 2.45) is 0 Å². The van der Waals surface area contributed by atoms with Crippen LogP contribution in [0, 0.1) is 0 Å². The minimum absolute atomic E-state index is 0.0822. The molecule has 2 heteroatoms. The van der Waals surface area contributed by atoms with Gasteiger partial charge < -0.3 is 9.47 Å². The maximum absolute atomic E-state index is 5.67. The van der Waals surface area contributed by atoms with E-state index >= 15 is 0 Å². The van der Waals surface area contributed by atoms with Crippen molar-refractivity contribution in [1.82, 2.24) is 0 Å². The van der Waals surface area contributed by atoms with Crippen molar-refractivity contribution in [3.8, 4) is 0 Å². The lowest BCUT2D eigenvalue weighted by Crippen LogP contribution is -2.45.